The maximum atomic E-state index is 11.5. The molecule has 2 saturated heterocycles. The third-order valence-corrected chi connectivity index (χ3v) is 4.84. The molecule has 23 heavy (non-hydrogen) atoms. The number of primary amides is 1. The Labute approximate surface area is 136 Å². The van der Waals surface area contributed by atoms with Gasteiger partial charge in [0.15, 0.2) is 0 Å². The standard InChI is InChI=1S/C16H22BNO5/c1-14(2)15(3,4)23-17(22-14)11-5-7-12(8-6-11)21-16(13(18)19)9-20-10-16/h5-8H,9-10H2,1-4H3,(H2,18,19). The molecule has 0 aliphatic carbocycles. The second kappa shape index (κ2) is 5.23. The van der Waals surface area contributed by atoms with Gasteiger partial charge in [-0.3, -0.25) is 4.79 Å². The summed E-state index contributed by atoms with van der Waals surface area (Å²) in [4.78, 5) is 11.5. The Hall–Kier alpha value is -1.57. The topological polar surface area (TPSA) is 80.0 Å². The van der Waals surface area contributed by atoms with Crippen molar-refractivity contribution in [3.05, 3.63) is 24.3 Å². The van der Waals surface area contributed by atoms with Crippen molar-refractivity contribution in [3.63, 3.8) is 0 Å². The van der Waals surface area contributed by atoms with Crippen molar-refractivity contribution in [2.45, 2.75) is 44.5 Å². The average molecular weight is 319 g/mol. The molecule has 0 bridgehead atoms. The predicted octanol–water partition coefficient (Wildman–Crippen LogP) is 0.619. The first-order valence-corrected chi connectivity index (χ1v) is 7.68. The molecule has 0 saturated carbocycles. The number of nitrogens with two attached hydrogens (primary N) is 1. The molecular formula is C16H22BNO5. The van der Waals surface area contributed by atoms with Crippen LogP contribution < -0.4 is 15.9 Å². The van der Waals surface area contributed by atoms with E-state index >= 15 is 0 Å². The fourth-order valence-corrected chi connectivity index (χ4v) is 2.44. The fourth-order valence-electron chi connectivity index (χ4n) is 2.44. The first-order chi connectivity index (χ1) is 10.7. The van der Waals surface area contributed by atoms with Gasteiger partial charge in [0.1, 0.15) is 5.75 Å². The third kappa shape index (κ3) is 2.73. The number of hydrogen-bond donors (Lipinski definition) is 1. The van der Waals surface area contributed by atoms with Gasteiger partial charge >= 0.3 is 7.12 Å². The SMILES string of the molecule is CC1(C)OB(c2ccc(OC3(C(N)=O)COC3)cc2)OC1(C)C. The number of hydrogen-bond acceptors (Lipinski definition) is 5. The summed E-state index contributed by atoms with van der Waals surface area (Å²) in [7, 11) is -0.425. The van der Waals surface area contributed by atoms with Gasteiger partial charge in [-0.25, -0.2) is 0 Å². The zero-order valence-corrected chi connectivity index (χ0v) is 13.9. The van der Waals surface area contributed by atoms with E-state index in [1.807, 2.05) is 39.8 Å². The summed E-state index contributed by atoms with van der Waals surface area (Å²) < 4.78 is 22.8. The van der Waals surface area contributed by atoms with Gasteiger partial charge in [-0.05, 0) is 45.3 Å². The Balaban J connectivity index is 1.72. The second-order valence-corrected chi connectivity index (χ2v) is 7.11. The van der Waals surface area contributed by atoms with Crippen LogP contribution in [0.1, 0.15) is 27.7 Å². The van der Waals surface area contributed by atoms with Crippen LogP contribution in [0.5, 0.6) is 5.75 Å². The Morgan fingerprint density at radius 3 is 2.00 bits per heavy atom. The lowest BCUT2D eigenvalue weighted by Crippen LogP contribution is -2.63. The lowest BCUT2D eigenvalue weighted by atomic mass is 9.79. The maximum Gasteiger partial charge on any atom is 0.494 e. The number of carbonyl (C=O) groups is 1. The number of amides is 1. The van der Waals surface area contributed by atoms with Gasteiger partial charge in [-0.1, -0.05) is 12.1 Å². The number of ether oxygens (including phenoxy) is 2. The molecule has 0 atom stereocenters. The van der Waals surface area contributed by atoms with Gasteiger partial charge in [-0.15, -0.1) is 0 Å². The number of benzene rings is 1. The van der Waals surface area contributed by atoms with E-state index in [-0.39, 0.29) is 24.4 Å². The molecule has 2 fully saturated rings. The Morgan fingerprint density at radius 2 is 1.61 bits per heavy atom. The van der Waals surface area contributed by atoms with Crippen molar-refractivity contribution in [1.29, 1.82) is 0 Å². The molecule has 2 aliphatic rings. The van der Waals surface area contributed by atoms with Gasteiger partial charge in [0, 0.05) is 0 Å². The van der Waals surface area contributed by atoms with E-state index in [2.05, 4.69) is 0 Å². The number of carbonyl (C=O) groups excluding carboxylic acids is 1. The highest BCUT2D eigenvalue weighted by molar-refractivity contribution is 6.62. The van der Waals surface area contributed by atoms with Crippen LogP contribution in [0.25, 0.3) is 0 Å². The molecule has 1 aromatic carbocycles. The van der Waals surface area contributed by atoms with E-state index in [0.717, 1.165) is 5.46 Å². The summed E-state index contributed by atoms with van der Waals surface area (Å²) >= 11 is 0. The maximum absolute atomic E-state index is 11.5. The van der Waals surface area contributed by atoms with Crippen LogP contribution in [0, 0.1) is 0 Å². The van der Waals surface area contributed by atoms with E-state index in [9.17, 15) is 4.79 Å². The molecule has 6 nitrogen and oxygen atoms in total. The molecule has 3 rings (SSSR count). The molecule has 7 heteroatoms. The first-order valence-electron chi connectivity index (χ1n) is 7.68. The summed E-state index contributed by atoms with van der Waals surface area (Å²) in [6.45, 7) is 8.41. The molecule has 2 N–H and O–H groups in total. The van der Waals surface area contributed by atoms with E-state index in [4.69, 9.17) is 24.5 Å². The minimum absolute atomic E-state index is 0.182. The summed E-state index contributed by atoms with van der Waals surface area (Å²) in [6.07, 6.45) is 0. The minimum atomic E-state index is -1.05. The van der Waals surface area contributed by atoms with Crippen LogP contribution >= 0.6 is 0 Å². The van der Waals surface area contributed by atoms with E-state index in [1.54, 1.807) is 12.1 Å². The van der Waals surface area contributed by atoms with Crippen LogP contribution in [-0.4, -0.2) is 43.0 Å². The summed E-state index contributed by atoms with van der Waals surface area (Å²) in [6, 6.07) is 7.30. The summed E-state index contributed by atoms with van der Waals surface area (Å²) in [5, 5.41) is 0. The molecule has 0 aromatic heterocycles. The molecule has 2 heterocycles. The van der Waals surface area contributed by atoms with Gasteiger partial charge in [0.25, 0.3) is 5.91 Å². The van der Waals surface area contributed by atoms with Gasteiger partial charge in [0.05, 0.1) is 24.4 Å². The predicted molar refractivity (Wildman–Crippen MR) is 85.5 cm³/mol. The van der Waals surface area contributed by atoms with Crippen molar-refractivity contribution in [2.24, 2.45) is 5.73 Å². The molecule has 1 aromatic rings. The van der Waals surface area contributed by atoms with Crippen LogP contribution in [-0.2, 0) is 18.8 Å². The minimum Gasteiger partial charge on any atom is -0.473 e. The van der Waals surface area contributed by atoms with E-state index in [1.165, 1.54) is 0 Å². The fraction of sp³-hybridized carbons (Fsp3) is 0.562. The van der Waals surface area contributed by atoms with Crippen LogP contribution in [0.15, 0.2) is 24.3 Å². The first kappa shape index (κ1) is 16.3. The lowest BCUT2D eigenvalue weighted by Gasteiger charge is -2.38. The normalized spacial score (nSPS) is 24.1. The van der Waals surface area contributed by atoms with Gasteiger partial charge in [-0.2, -0.15) is 0 Å². The highest BCUT2D eigenvalue weighted by atomic mass is 16.7. The van der Waals surface area contributed by atoms with Gasteiger partial charge in [0.2, 0.25) is 5.60 Å². The molecule has 0 unspecified atom stereocenters. The van der Waals surface area contributed by atoms with Crippen molar-refractivity contribution >= 4 is 18.5 Å². The molecule has 0 spiro atoms. The zero-order chi connectivity index (χ0) is 16.9. The average Bonchev–Trinajstić information content (AvgIpc) is 2.63. The quantitative estimate of drug-likeness (QED) is 0.823. The van der Waals surface area contributed by atoms with E-state index in [0.29, 0.717) is 5.75 Å². The van der Waals surface area contributed by atoms with Crippen molar-refractivity contribution in [1.82, 2.24) is 0 Å². The molecule has 0 radical (unpaired) electrons. The molecule has 2 aliphatic heterocycles. The van der Waals surface area contributed by atoms with Crippen LogP contribution in [0.4, 0.5) is 0 Å². The van der Waals surface area contributed by atoms with Crippen LogP contribution in [0.3, 0.4) is 0 Å². The lowest BCUT2D eigenvalue weighted by molar-refractivity contribution is -0.178. The highest BCUT2D eigenvalue weighted by Gasteiger charge is 2.52. The summed E-state index contributed by atoms with van der Waals surface area (Å²) in [5.74, 6) is 0.0474. The largest absolute Gasteiger partial charge is 0.494 e. The zero-order valence-electron chi connectivity index (χ0n) is 13.9. The highest BCUT2D eigenvalue weighted by Crippen LogP contribution is 2.36. The molecular weight excluding hydrogens is 297 g/mol. The smallest absolute Gasteiger partial charge is 0.473 e. The van der Waals surface area contributed by atoms with Gasteiger partial charge < -0.3 is 24.5 Å². The second-order valence-electron chi connectivity index (χ2n) is 7.11. The van der Waals surface area contributed by atoms with Crippen molar-refractivity contribution < 1.29 is 23.6 Å². The Bertz CT molecular complexity index is 593. The molecule has 1 amide bonds. The van der Waals surface area contributed by atoms with Crippen molar-refractivity contribution in [2.75, 3.05) is 13.2 Å². The van der Waals surface area contributed by atoms with Crippen molar-refractivity contribution in [3.8, 4) is 5.75 Å². The Kier molecular flexibility index (Phi) is 3.70. The third-order valence-electron chi connectivity index (χ3n) is 4.84. The molecule has 124 valence electrons. The Morgan fingerprint density at radius 1 is 1.09 bits per heavy atom. The van der Waals surface area contributed by atoms with Crippen LogP contribution in [0.2, 0.25) is 0 Å². The number of rotatable bonds is 4. The summed E-state index contributed by atoms with van der Waals surface area (Å²) in [5.41, 5.74) is 4.47. The van der Waals surface area contributed by atoms with E-state index < -0.39 is 18.6 Å². The monoisotopic (exact) mass is 319 g/mol.